The molecule has 0 bridgehead atoms. The lowest BCUT2D eigenvalue weighted by atomic mass is 9.59. The molecule has 1 unspecified atom stereocenters. The van der Waals surface area contributed by atoms with Crippen molar-refractivity contribution in [1.82, 2.24) is 5.32 Å². The van der Waals surface area contributed by atoms with Crippen LogP contribution in [-0.4, -0.2) is 36.9 Å². The van der Waals surface area contributed by atoms with Gasteiger partial charge in [-0.3, -0.25) is 4.79 Å². The fourth-order valence-corrected chi connectivity index (χ4v) is 4.74. The summed E-state index contributed by atoms with van der Waals surface area (Å²) in [5, 5.41) is 12.1. The summed E-state index contributed by atoms with van der Waals surface area (Å²) in [5.41, 5.74) is 1.80. The number of fused-ring (bicyclic) bond motifs is 2. The molecule has 1 heterocycles. The largest absolute Gasteiger partial charge is 0.461 e. The number of aliphatic hydroxyl groups is 1. The van der Waals surface area contributed by atoms with Crippen LogP contribution in [0, 0.1) is 23.2 Å². The van der Waals surface area contributed by atoms with E-state index in [9.17, 15) is 4.79 Å². The highest BCUT2D eigenvalue weighted by molar-refractivity contribution is 5.76. The number of rotatable bonds is 5. The zero-order chi connectivity index (χ0) is 15.7. The van der Waals surface area contributed by atoms with Gasteiger partial charge in [-0.1, -0.05) is 31.9 Å². The molecule has 3 aliphatic rings. The van der Waals surface area contributed by atoms with E-state index in [1.165, 1.54) is 19.3 Å². The van der Waals surface area contributed by atoms with E-state index in [-0.39, 0.29) is 35.9 Å². The standard InChI is InChI=1S/C18H29NO3/c1-12-5-3-6-18(2)10-16-13(9-15(12)18)14(17(21)22-16)11-19-7-4-8-20/h9,12-14,16,19-20H,3-8,10-11H2,1-2H3/t12-,13+,14?,16+,18+/m0/s1. The summed E-state index contributed by atoms with van der Waals surface area (Å²) in [5.74, 6) is 0.768. The molecular weight excluding hydrogens is 278 g/mol. The molecule has 0 spiro atoms. The lowest BCUT2D eigenvalue weighted by Crippen LogP contribution is -2.40. The number of esters is 1. The Hall–Kier alpha value is -0.870. The zero-order valence-corrected chi connectivity index (χ0v) is 13.8. The van der Waals surface area contributed by atoms with Crippen molar-refractivity contribution in [2.24, 2.45) is 23.2 Å². The van der Waals surface area contributed by atoms with Gasteiger partial charge in [-0.25, -0.2) is 0 Å². The Bertz CT molecular complexity index is 461. The number of nitrogens with one attached hydrogen (secondary N) is 1. The van der Waals surface area contributed by atoms with Crippen LogP contribution in [0.15, 0.2) is 11.6 Å². The minimum atomic E-state index is -0.0603. The number of carbonyl (C=O) groups excluding carboxylic acids is 1. The maximum Gasteiger partial charge on any atom is 0.311 e. The topological polar surface area (TPSA) is 58.6 Å². The smallest absolute Gasteiger partial charge is 0.311 e. The normalized spacial score (nSPS) is 40.7. The van der Waals surface area contributed by atoms with Crippen molar-refractivity contribution < 1.29 is 14.6 Å². The Morgan fingerprint density at radius 2 is 2.32 bits per heavy atom. The van der Waals surface area contributed by atoms with Gasteiger partial charge in [0.2, 0.25) is 0 Å². The van der Waals surface area contributed by atoms with E-state index >= 15 is 0 Å². The molecule has 5 atom stereocenters. The van der Waals surface area contributed by atoms with Gasteiger partial charge in [-0.2, -0.15) is 0 Å². The Morgan fingerprint density at radius 1 is 1.50 bits per heavy atom. The maximum absolute atomic E-state index is 12.3. The first kappa shape index (κ1) is 16.0. The monoisotopic (exact) mass is 307 g/mol. The van der Waals surface area contributed by atoms with Gasteiger partial charge in [0.15, 0.2) is 0 Å². The minimum Gasteiger partial charge on any atom is -0.461 e. The first-order valence-corrected chi connectivity index (χ1v) is 8.79. The van der Waals surface area contributed by atoms with E-state index in [0.717, 1.165) is 19.4 Å². The van der Waals surface area contributed by atoms with Gasteiger partial charge in [0.1, 0.15) is 6.10 Å². The summed E-state index contributed by atoms with van der Waals surface area (Å²) >= 11 is 0. The van der Waals surface area contributed by atoms with E-state index in [1.54, 1.807) is 5.57 Å². The molecule has 1 saturated heterocycles. The SMILES string of the molecule is C[C@H]1CCC[C@]2(C)C[C@H]3OC(=O)C(CNCCCO)[C@H]3C=C12. The van der Waals surface area contributed by atoms with Gasteiger partial charge in [0, 0.05) is 19.1 Å². The van der Waals surface area contributed by atoms with E-state index in [4.69, 9.17) is 9.84 Å². The number of hydrogen-bond acceptors (Lipinski definition) is 4. The van der Waals surface area contributed by atoms with Crippen LogP contribution in [-0.2, 0) is 9.53 Å². The Labute approximate surface area is 133 Å². The molecule has 0 aromatic rings. The third-order valence-electron chi connectivity index (χ3n) is 5.96. The number of carbonyl (C=O) groups is 1. The third-order valence-corrected chi connectivity index (χ3v) is 5.96. The molecule has 4 heteroatoms. The highest BCUT2D eigenvalue weighted by Gasteiger charge is 2.51. The molecule has 0 aromatic heterocycles. The fraction of sp³-hybridized carbons (Fsp3) is 0.833. The second-order valence-corrected chi connectivity index (χ2v) is 7.62. The number of allylic oxidation sites excluding steroid dienone is 1. The first-order valence-electron chi connectivity index (χ1n) is 8.79. The van der Waals surface area contributed by atoms with Crippen LogP contribution in [0.5, 0.6) is 0 Å². The van der Waals surface area contributed by atoms with Crippen LogP contribution in [0.3, 0.4) is 0 Å². The van der Waals surface area contributed by atoms with Gasteiger partial charge >= 0.3 is 5.97 Å². The Morgan fingerprint density at radius 3 is 3.09 bits per heavy atom. The van der Waals surface area contributed by atoms with Crippen molar-refractivity contribution in [2.45, 2.75) is 52.1 Å². The van der Waals surface area contributed by atoms with Crippen LogP contribution in [0.25, 0.3) is 0 Å². The number of ether oxygens (including phenoxy) is 1. The molecule has 2 N–H and O–H groups in total. The second kappa shape index (κ2) is 6.32. The number of hydrogen-bond donors (Lipinski definition) is 2. The van der Waals surface area contributed by atoms with Crippen molar-refractivity contribution in [3.05, 3.63) is 11.6 Å². The van der Waals surface area contributed by atoms with E-state index in [0.29, 0.717) is 12.5 Å². The molecule has 2 fully saturated rings. The minimum absolute atomic E-state index is 0.0433. The predicted octanol–water partition coefficient (Wildman–Crippen LogP) is 2.27. The molecule has 0 radical (unpaired) electrons. The van der Waals surface area contributed by atoms with Gasteiger partial charge in [-0.05, 0) is 43.6 Å². The van der Waals surface area contributed by atoms with Gasteiger partial charge in [-0.15, -0.1) is 0 Å². The molecule has 1 aliphatic heterocycles. The van der Waals surface area contributed by atoms with Gasteiger partial charge in [0.25, 0.3) is 0 Å². The third kappa shape index (κ3) is 2.83. The number of aliphatic hydroxyl groups excluding tert-OH is 1. The molecular formula is C18H29NO3. The summed E-state index contributed by atoms with van der Waals surface area (Å²) in [7, 11) is 0. The lowest BCUT2D eigenvalue weighted by molar-refractivity contribution is -0.145. The van der Waals surface area contributed by atoms with Crippen molar-refractivity contribution in [3.63, 3.8) is 0 Å². The zero-order valence-electron chi connectivity index (χ0n) is 13.8. The highest BCUT2D eigenvalue weighted by Crippen LogP contribution is 2.53. The average Bonchev–Trinajstić information content (AvgIpc) is 2.76. The molecule has 124 valence electrons. The van der Waals surface area contributed by atoms with Gasteiger partial charge in [0.05, 0.1) is 5.92 Å². The summed E-state index contributed by atoms with van der Waals surface area (Å²) in [6.07, 6.45) is 7.96. The van der Waals surface area contributed by atoms with E-state index < -0.39 is 0 Å². The molecule has 4 nitrogen and oxygen atoms in total. The van der Waals surface area contributed by atoms with Crippen molar-refractivity contribution >= 4 is 5.97 Å². The predicted molar refractivity (Wildman–Crippen MR) is 85.3 cm³/mol. The van der Waals surface area contributed by atoms with E-state index in [2.05, 4.69) is 25.2 Å². The summed E-state index contributed by atoms with van der Waals surface area (Å²) < 4.78 is 5.71. The molecule has 1 saturated carbocycles. The average molecular weight is 307 g/mol. The molecule has 0 aromatic carbocycles. The van der Waals surface area contributed by atoms with Crippen LogP contribution in [0.4, 0.5) is 0 Å². The van der Waals surface area contributed by atoms with Gasteiger partial charge < -0.3 is 15.2 Å². The molecule has 0 amide bonds. The van der Waals surface area contributed by atoms with Crippen molar-refractivity contribution in [3.8, 4) is 0 Å². The molecule has 22 heavy (non-hydrogen) atoms. The Balaban J connectivity index is 1.74. The first-order chi connectivity index (χ1) is 10.5. The second-order valence-electron chi connectivity index (χ2n) is 7.62. The van der Waals surface area contributed by atoms with Crippen molar-refractivity contribution in [1.29, 1.82) is 0 Å². The lowest BCUT2D eigenvalue weighted by Gasteiger charge is -2.46. The summed E-state index contributed by atoms with van der Waals surface area (Å²) in [4.78, 5) is 12.3. The van der Waals surface area contributed by atoms with Crippen molar-refractivity contribution in [2.75, 3.05) is 19.7 Å². The fourth-order valence-electron chi connectivity index (χ4n) is 4.74. The van der Waals surface area contributed by atoms with Crippen LogP contribution >= 0.6 is 0 Å². The van der Waals surface area contributed by atoms with Crippen LogP contribution in [0.1, 0.15) is 46.0 Å². The highest BCUT2D eigenvalue weighted by atomic mass is 16.6. The summed E-state index contributed by atoms with van der Waals surface area (Å²) in [6, 6.07) is 0. The van der Waals surface area contributed by atoms with Crippen LogP contribution < -0.4 is 5.32 Å². The van der Waals surface area contributed by atoms with Crippen LogP contribution in [0.2, 0.25) is 0 Å². The van der Waals surface area contributed by atoms with E-state index in [1.807, 2.05) is 0 Å². The quantitative estimate of drug-likeness (QED) is 0.465. The molecule has 2 aliphatic carbocycles. The summed E-state index contributed by atoms with van der Waals surface area (Å²) in [6.45, 7) is 6.28. The maximum atomic E-state index is 12.3. The Kier molecular flexibility index (Phi) is 4.60. The molecule has 3 rings (SSSR count).